The summed E-state index contributed by atoms with van der Waals surface area (Å²) in [7, 11) is 0. The normalized spacial score (nSPS) is 10.2. The maximum Gasteiger partial charge on any atom is 0.340 e. The van der Waals surface area contributed by atoms with Crippen molar-refractivity contribution in [1.82, 2.24) is 4.98 Å². The molecule has 17 heavy (non-hydrogen) atoms. The molecule has 2 aromatic rings. The van der Waals surface area contributed by atoms with Gasteiger partial charge in [-0.25, -0.2) is 4.79 Å². The second kappa shape index (κ2) is 4.97. The highest BCUT2D eigenvalue weighted by molar-refractivity contribution is 6.35. The smallest absolute Gasteiger partial charge is 0.340 e. The lowest BCUT2D eigenvalue weighted by Crippen LogP contribution is -2.06. The fourth-order valence-electron chi connectivity index (χ4n) is 1.51. The first-order valence-electron chi connectivity index (χ1n) is 5.05. The molecular weight excluding hydrogens is 238 g/mol. The molecule has 0 atom stereocenters. The third-order valence-corrected chi connectivity index (χ3v) is 2.60. The van der Waals surface area contributed by atoms with Crippen LogP contribution in [0.1, 0.15) is 10.4 Å². The van der Waals surface area contributed by atoms with Crippen LogP contribution in [0.3, 0.4) is 0 Å². The fraction of sp³-hybridized carbons (Fsp3) is 0.0769. The first-order chi connectivity index (χ1) is 8.24. The van der Waals surface area contributed by atoms with Gasteiger partial charge in [-0.3, -0.25) is 4.98 Å². The van der Waals surface area contributed by atoms with Crippen molar-refractivity contribution in [2.24, 2.45) is 0 Å². The number of pyridine rings is 1. The van der Waals surface area contributed by atoms with Crippen LogP contribution < -0.4 is 0 Å². The Labute approximate surface area is 104 Å². The van der Waals surface area contributed by atoms with E-state index in [1.54, 1.807) is 24.4 Å². The van der Waals surface area contributed by atoms with Crippen molar-refractivity contribution in [2.45, 2.75) is 0 Å². The van der Waals surface area contributed by atoms with Crippen molar-refractivity contribution in [3.05, 3.63) is 53.7 Å². The van der Waals surface area contributed by atoms with Crippen molar-refractivity contribution in [1.29, 1.82) is 0 Å². The zero-order valence-corrected chi connectivity index (χ0v) is 9.78. The average molecular weight is 248 g/mol. The predicted octanol–water partition coefficient (Wildman–Crippen LogP) is 3.23. The minimum atomic E-state index is -0.426. The zero-order valence-electron chi connectivity index (χ0n) is 9.02. The van der Waals surface area contributed by atoms with Crippen LogP contribution >= 0.6 is 11.6 Å². The maximum atomic E-state index is 11.8. The van der Waals surface area contributed by atoms with Crippen LogP contribution in [0.5, 0.6) is 0 Å². The van der Waals surface area contributed by atoms with Gasteiger partial charge in [0.2, 0.25) is 0 Å². The first kappa shape index (κ1) is 11.6. The Hall–Kier alpha value is -1.87. The van der Waals surface area contributed by atoms with Gasteiger partial charge >= 0.3 is 5.97 Å². The lowest BCUT2D eigenvalue weighted by molar-refractivity contribution is 0.0552. The van der Waals surface area contributed by atoms with E-state index in [0.29, 0.717) is 16.1 Å². The van der Waals surface area contributed by atoms with Crippen molar-refractivity contribution in [3.63, 3.8) is 0 Å². The number of hydrogen-bond acceptors (Lipinski definition) is 3. The molecule has 1 heterocycles. The average Bonchev–Trinajstić information content (AvgIpc) is 2.37. The Morgan fingerprint density at radius 3 is 3.06 bits per heavy atom. The fourth-order valence-corrected chi connectivity index (χ4v) is 1.73. The number of carbonyl (C=O) groups excluding carboxylic acids is 1. The molecular formula is C13H10ClNO2. The minimum absolute atomic E-state index is 0.176. The quantitative estimate of drug-likeness (QED) is 0.617. The molecule has 0 bridgehead atoms. The SMILES string of the molecule is C=CCOC(=O)c1ccc(Cl)c2cccnc12. The van der Waals surface area contributed by atoms with Crippen LogP contribution in [0.25, 0.3) is 10.9 Å². The number of halogens is 1. The van der Waals surface area contributed by atoms with E-state index in [-0.39, 0.29) is 6.61 Å². The van der Waals surface area contributed by atoms with E-state index in [0.717, 1.165) is 5.39 Å². The standard InChI is InChI=1S/C13H10ClNO2/c1-2-8-17-13(16)10-5-6-11(14)9-4-3-7-15-12(9)10/h2-7H,1,8H2. The largest absolute Gasteiger partial charge is 0.458 e. The molecule has 1 aromatic heterocycles. The highest BCUT2D eigenvalue weighted by Gasteiger charge is 2.13. The molecule has 4 heteroatoms. The first-order valence-corrected chi connectivity index (χ1v) is 5.43. The van der Waals surface area contributed by atoms with Gasteiger partial charge in [-0.1, -0.05) is 24.3 Å². The topological polar surface area (TPSA) is 39.2 Å². The molecule has 3 nitrogen and oxygen atoms in total. The summed E-state index contributed by atoms with van der Waals surface area (Å²) >= 11 is 6.03. The van der Waals surface area contributed by atoms with Gasteiger partial charge in [0.15, 0.2) is 0 Å². The van der Waals surface area contributed by atoms with Crippen LogP contribution in [-0.2, 0) is 4.74 Å². The molecule has 0 amide bonds. The molecule has 0 unspecified atom stereocenters. The number of hydrogen-bond donors (Lipinski definition) is 0. The van der Waals surface area contributed by atoms with E-state index >= 15 is 0 Å². The number of fused-ring (bicyclic) bond motifs is 1. The number of aromatic nitrogens is 1. The minimum Gasteiger partial charge on any atom is -0.458 e. The van der Waals surface area contributed by atoms with Gasteiger partial charge < -0.3 is 4.74 Å². The summed E-state index contributed by atoms with van der Waals surface area (Å²) in [5, 5.41) is 1.30. The van der Waals surface area contributed by atoms with Crippen molar-refractivity contribution >= 4 is 28.5 Å². The molecule has 0 aliphatic rings. The van der Waals surface area contributed by atoms with Gasteiger partial charge in [0, 0.05) is 11.6 Å². The summed E-state index contributed by atoms with van der Waals surface area (Å²) in [4.78, 5) is 15.9. The van der Waals surface area contributed by atoms with E-state index in [1.165, 1.54) is 6.08 Å². The number of rotatable bonds is 3. The predicted molar refractivity (Wildman–Crippen MR) is 67.2 cm³/mol. The Morgan fingerprint density at radius 1 is 1.47 bits per heavy atom. The van der Waals surface area contributed by atoms with E-state index < -0.39 is 5.97 Å². The molecule has 0 saturated heterocycles. The van der Waals surface area contributed by atoms with Crippen molar-refractivity contribution < 1.29 is 9.53 Å². The highest BCUT2D eigenvalue weighted by atomic mass is 35.5. The Kier molecular flexibility index (Phi) is 3.40. The number of benzene rings is 1. The van der Waals surface area contributed by atoms with E-state index in [9.17, 15) is 4.79 Å². The zero-order chi connectivity index (χ0) is 12.3. The summed E-state index contributed by atoms with van der Waals surface area (Å²) < 4.78 is 4.99. The van der Waals surface area contributed by atoms with Crippen LogP contribution in [0, 0.1) is 0 Å². The van der Waals surface area contributed by atoms with Crippen molar-refractivity contribution in [2.75, 3.05) is 6.61 Å². The highest BCUT2D eigenvalue weighted by Crippen LogP contribution is 2.25. The monoisotopic (exact) mass is 247 g/mol. The Bertz CT molecular complexity index is 581. The number of ether oxygens (including phenoxy) is 1. The van der Waals surface area contributed by atoms with Crippen LogP contribution in [0.2, 0.25) is 5.02 Å². The lowest BCUT2D eigenvalue weighted by Gasteiger charge is -2.06. The van der Waals surface area contributed by atoms with E-state index in [4.69, 9.17) is 16.3 Å². The Morgan fingerprint density at radius 2 is 2.29 bits per heavy atom. The number of carbonyl (C=O) groups is 1. The molecule has 0 spiro atoms. The third kappa shape index (κ3) is 2.29. The summed E-state index contributed by atoms with van der Waals surface area (Å²) in [5.74, 6) is -0.426. The Balaban J connectivity index is 2.51. The van der Waals surface area contributed by atoms with Gasteiger partial charge in [0.1, 0.15) is 6.61 Å². The summed E-state index contributed by atoms with van der Waals surface area (Å²) in [6.07, 6.45) is 3.13. The number of nitrogens with zero attached hydrogens (tertiary/aromatic N) is 1. The van der Waals surface area contributed by atoms with E-state index in [1.807, 2.05) is 6.07 Å². The molecule has 0 N–H and O–H groups in total. The molecule has 86 valence electrons. The van der Waals surface area contributed by atoms with Gasteiger partial charge in [-0.2, -0.15) is 0 Å². The van der Waals surface area contributed by atoms with E-state index in [2.05, 4.69) is 11.6 Å². The molecule has 1 aromatic carbocycles. The van der Waals surface area contributed by atoms with Crippen LogP contribution in [-0.4, -0.2) is 17.6 Å². The van der Waals surface area contributed by atoms with Gasteiger partial charge in [0.05, 0.1) is 16.1 Å². The van der Waals surface area contributed by atoms with Gasteiger partial charge in [-0.15, -0.1) is 0 Å². The molecule has 0 aliphatic heterocycles. The summed E-state index contributed by atoms with van der Waals surface area (Å²) in [5.41, 5.74) is 0.959. The van der Waals surface area contributed by atoms with Crippen LogP contribution in [0.4, 0.5) is 0 Å². The second-order valence-corrected chi connectivity index (χ2v) is 3.79. The third-order valence-electron chi connectivity index (χ3n) is 2.27. The lowest BCUT2D eigenvalue weighted by atomic mass is 10.1. The van der Waals surface area contributed by atoms with Gasteiger partial charge in [-0.05, 0) is 24.3 Å². The maximum absolute atomic E-state index is 11.8. The summed E-state index contributed by atoms with van der Waals surface area (Å²) in [6.45, 7) is 3.67. The van der Waals surface area contributed by atoms with Gasteiger partial charge in [0.25, 0.3) is 0 Å². The molecule has 0 aliphatic carbocycles. The molecule has 2 rings (SSSR count). The molecule has 0 saturated carbocycles. The second-order valence-electron chi connectivity index (χ2n) is 3.38. The van der Waals surface area contributed by atoms with Crippen molar-refractivity contribution in [3.8, 4) is 0 Å². The van der Waals surface area contributed by atoms with Crippen LogP contribution in [0.15, 0.2) is 43.1 Å². The summed E-state index contributed by atoms with van der Waals surface area (Å²) in [6, 6.07) is 6.86. The molecule has 0 fully saturated rings. The number of esters is 1. The molecule has 0 radical (unpaired) electrons.